The Morgan fingerprint density at radius 1 is 1.39 bits per heavy atom. The Labute approximate surface area is 106 Å². The SMILES string of the molecule is CC(C)(C)OC(=O)N1CCCC(C)(OC(F)F)C1. The molecule has 0 saturated carbocycles. The molecule has 0 aromatic heterocycles. The Kier molecular flexibility index (Phi) is 4.53. The molecule has 4 nitrogen and oxygen atoms in total. The first kappa shape index (κ1) is 15.1. The van der Waals surface area contributed by atoms with E-state index in [0.717, 1.165) is 0 Å². The summed E-state index contributed by atoms with van der Waals surface area (Å²) in [7, 11) is 0. The number of alkyl halides is 2. The van der Waals surface area contributed by atoms with E-state index in [9.17, 15) is 13.6 Å². The van der Waals surface area contributed by atoms with Gasteiger partial charge >= 0.3 is 12.7 Å². The fourth-order valence-electron chi connectivity index (χ4n) is 2.00. The number of rotatable bonds is 2. The zero-order valence-corrected chi connectivity index (χ0v) is 11.3. The van der Waals surface area contributed by atoms with E-state index in [2.05, 4.69) is 4.74 Å². The molecule has 1 aliphatic rings. The van der Waals surface area contributed by atoms with Crippen LogP contribution in [-0.4, -0.2) is 41.9 Å². The first-order valence-electron chi connectivity index (χ1n) is 6.05. The van der Waals surface area contributed by atoms with Crippen LogP contribution in [0.2, 0.25) is 0 Å². The summed E-state index contributed by atoms with van der Waals surface area (Å²) in [6.45, 7) is 4.71. The molecule has 1 rings (SSSR count). The fourth-order valence-corrected chi connectivity index (χ4v) is 2.00. The first-order valence-corrected chi connectivity index (χ1v) is 6.05. The summed E-state index contributed by atoms with van der Waals surface area (Å²) >= 11 is 0. The van der Waals surface area contributed by atoms with Gasteiger partial charge in [-0.1, -0.05) is 0 Å². The predicted octanol–water partition coefficient (Wildman–Crippen LogP) is 3.02. The lowest BCUT2D eigenvalue weighted by Gasteiger charge is -2.40. The van der Waals surface area contributed by atoms with Crippen molar-refractivity contribution < 1.29 is 23.0 Å². The highest BCUT2D eigenvalue weighted by atomic mass is 19.3. The van der Waals surface area contributed by atoms with Gasteiger partial charge in [0.05, 0.1) is 12.1 Å². The molecule has 0 radical (unpaired) electrons. The maximum absolute atomic E-state index is 12.3. The number of halogens is 2. The Hall–Kier alpha value is -0.910. The molecule has 0 aliphatic carbocycles. The smallest absolute Gasteiger partial charge is 0.410 e. The standard InChI is InChI=1S/C12H21F2NO3/c1-11(2,3)18-10(16)15-7-5-6-12(4,8-15)17-9(13)14/h9H,5-8H2,1-4H3. The van der Waals surface area contributed by atoms with E-state index in [1.165, 1.54) is 4.90 Å². The van der Waals surface area contributed by atoms with Gasteiger partial charge < -0.3 is 14.4 Å². The summed E-state index contributed by atoms with van der Waals surface area (Å²) in [5, 5.41) is 0. The summed E-state index contributed by atoms with van der Waals surface area (Å²) in [5.41, 5.74) is -1.59. The van der Waals surface area contributed by atoms with Crippen molar-refractivity contribution in [2.75, 3.05) is 13.1 Å². The molecule has 0 aromatic carbocycles. The molecular formula is C12H21F2NO3. The topological polar surface area (TPSA) is 38.8 Å². The van der Waals surface area contributed by atoms with Crippen LogP contribution in [0.4, 0.5) is 13.6 Å². The zero-order chi connectivity index (χ0) is 14.0. The van der Waals surface area contributed by atoms with Crippen LogP contribution in [0.15, 0.2) is 0 Å². The molecule has 1 atom stereocenters. The predicted molar refractivity (Wildman–Crippen MR) is 62.5 cm³/mol. The Morgan fingerprint density at radius 2 is 2.00 bits per heavy atom. The molecule has 0 spiro atoms. The van der Waals surface area contributed by atoms with Crippen molar-refractivity contribution in [2.45, 2.75) is 58.4 Å². The number of carbonyl (C=O) groups is 1. The van der Waals surface area contributed by atoms with Crippen LogP contribution in [0.1, 0.15) is 40.5 Å². The minimum Gasteiger partial charge on any atom is -0.444 e. The van der Waals surface area contributed by atoms with E-state index >= 15 is 0 Å². The number of hydrogen-bond acceptors (Lipinski definition) is 3. The van der Waals surface area contributed by atoms with Crippen LogP contribution in [0, 0.1) is 0 Å². The zero-order valence-electron chi connectivity index (χ0n) is 11.3. The lowest BCUT2D eigenvalue weighted by molar-refractivity contribution is -0.215. The van der Waals surface area contributed by atoms with Crippen molar-refractivity contribution in [3.8, 4) is 0 Å². The Bertz CT molecular complexity index is 304. The van der Waals surface area contributed by atoms with Crippen LogP contribution in [0.5, 0.6) is 0 Å². The van der Waals surface area contributed by atoms with Crippen molar-refractivity contribution in [3.05, 3.63) is 0 Å². The number of hydrogen-bond donors (Lipinski definition) is 0. The minimum absolute atomic E-state index is 0.131. The third-order valence-electron chi connectivity index (χ3n) is 2.68. The average Bonchev–Trinajstić information content (AvgIpc) is 2.12. The van der Waals surface area contributed by atoms with Crippen molar-refractivity contribution in [1.82, 2.24) is 4.90 Å². The molecule has 1 aliphatic heterocycles. The molecule has 1 amide bonds. The van der Waals surface area contributed by atoms with Gasteiger partial charge in [-0.2, -0.15) is 8.78 Å². The van der Waals surface area contributed by atoms with E-state index in [-0.39, 0.29) is 6.54 Å². The highest BCUT2D eigenvalue weighted by molar-refractivity contribution is 5.68. The third-order valence-corrected chi connectivity index (χ3v) is 2.68. The Morgan fingerprint density at radius 3 is 2.50 bits per heavy atom. The first-order chi connectivity index (χ1) is 8.11. The molecule has 1 saturated heterocycles. The van der Waals surface area contributed by atoms with Crippen LogP contribution in [0.25, 0.3) is 0 Å². The molecule has 106 valence electrons. The molecule has 0 N–H and O–H groups in total. The largest absolute Gasteiger partial charge is 0.444 e. The number of amides is 1. The molecule has 18 heavy (non-hydrogen) atoms. The van der Waals surface area contributed by atoms with Gasteiger partial charge in [-0.3, -0.25) is 0 Å². The van der Waals surface area contributed by atoms with Gasteiger partial charge in [0.1, 0.15) is 5.60 Å². The van der Waals surface area contributed by atoms with Gasteiger partial charge in [-0.05, 0) is 40.5 Å². The Balaban J connectivity index is 2.61. The van der Waals surface area contributed by atoms with Crippen LogP contribution >= 0.6 is 0 Å². The molecule has 0 bridgehead atoms. The summed E-state index contributed by atoms with van der Waals surface area (Å²) in [6, 6.07) is 0. The molecule has 1 heterocycles. The number of piperidine rings is 1. The van der Waals surface area contributed by atoms with Crippen LogP contribution in [0.3, 0.4) is 0 Å². The molecular weight excluding hydrogens is 244 g/mol. The van der Waals surface area contributed by atoms with Gasteiger partial charge in [0.15, 0.2) is 0 Å². The number of ether oxygens (including phenoxy) is 2. The van der Waals surface area contributed by atoms with E-state index < -0.39 is 23.9 Å². The van der Waals surface area contributed by atoms with E-state index in [1.807, 2.05) is 0 Å². The second-order valence-corrected chi connectivity index (χ2v) is 5.83. The van der Waals surface area contributed by atoms with Gasteiger partial charge in [0.25, 0.3) is 0 Å². The van der Waals surface area contributed by atoms with Crippen molar-refractivity contribution in [3.63, 3.8) is 0 Å². The minimum atomic E-state index is -2.83. The third kappa shape index (κ3) is 4.76. The van der Waals surface area contributed by atoms with Gasteiger partial charge in [-0.25, -0.2) is 4.79 Å². The van der Waals surface area contributed by atoms with E-state index in [4.69, 9.17) is 4.74 Å². The van der Waals surface area contributed by atoms with Gasteiger partial charge in [0.2, 0.25) is 0 Å². The summed E-state index contributed by atoms with van der Waals surface area (Å²) in [6.07, 6.45) is 0.658. The second-order valence-electron chi connectivity index (χ2n) is 5.83. The second kappa shape index (κ2) is 5.38. The quantitative estimate of drug-likeness (QED) is 0.770. The van der Waals surface area contributed by atoms with E-state index in [0.29, 0.717) is 19.4 Å². The molecule has 0 aromatic rings. The summed E-state index contributed by atoms with van der Waals surface area (Å²) < 4.78 is 34.4. The number of carbonyl (C=O) groups excluding carboxylic acids is 1. The van der Waals surface area contributed by atoms with Gasteiger partial charge in [0, 0.05) is 6.54 Å². The molecule has 6 heteroatoms. The normalized spacial score (nSPS) is 25.4. The summed E-state index contributed by atoms with van der Waals surface area (Å²) in [5.74, 6) is 0. The summed E-state index contributed by atoms with van der Waals surface area (Å²) in [4.78, 5) is 13.3. The van der Waals surface area contributed by atoms with Gasteiger partial charge in [-0.15, -0.1) is 0 Å². The molecule has 1 fully saturated rings. The highest BCUT2D eigenvalue weighted by Gasteiger charge is 2.37. The van der Waals surface area contributed by atoms with Crippen LogP contribution in [-0.2, 0) is 9.47 Å². The number of likely N-dealkylation sites (tertiary alicyclic amines) is 1. The lowest BCUT2D eigenvalue weighted by Crippen LogP contribution is -2.51. The number of nitrogens with zero attached hydrogens (tertiary/aromatic N) is 1. The highest BCUT2D eigenvalue weighted by Crippen LogP contribution is 2.27. The average molecular weight is 265 g/mol. The van der Waals surface area contributed by atoms with Crippen molar-refractivity contribution in [2.24, 2.45) is 0 Å². The lowest BCUT2D eigenvalue weighted by atomic mass is 9.95. The fraction of sp³-hybridized carbons (Fsp3) is 0.917. The van der Waals surface area contributed by atoms with Crippen molar-refractivity contribution >= 4 is 6.09 Å². The maximum Gasteiger partial charge on any atom is 0.410 e. The van der Waals surface area contributed by atoms with Crippen LogP contribution < -0.4 is 0 Å². The maximum atomic E-state index is 12.3. The van der Waals surface area contributed by atoms with E-state index in [1.54, 1.807) is 27.7 Å². The molecule has 1 unspecified atom stereocenters. The monoisotopic (exact) mass is 265 g/mol. The van der Waals surface area contributed by atoms with Crippen molar-refractivity contribution in [1.29, 1.82) is 0 Å².